The van der Waals surface area contributed by atoms with Crippen LogP contribution in [0.5, 0.6) is 0 Å². The van der Waals surface area contributed by atoms with E-state index in [0.29, 0.717) is 12.8 Å². The predicted octanol–water partition coefficient (Wildman–Crippen LogP) is 4.01. The highest BCUT2D eigenvalue weighted by molar-refractivity contribution is 5.66. The van der Waals surface area contributed by atoms with E-state index in [0.717, 1.165) is 44.9 Å². The molecule has 0 radical (unpaired) electrons. The minimum Gasteiger partial charge on any atom is -0.481 e. The molecule has 0 aliphatic heterocycles. The third-order valence-corrected chi connectivity index (χ3v) is 5.81. The van der Waals surface area contributed by atoms with Crippen molar-refractivity contribution in [1.29, 1.82) is 0 Å². The van der Waals surface area contributed by atoms with Crippen LogP contribution < -0.4 is 0 Å². The second-order valence-electron chi connectivity index (χ2n) is 8.03. The Balaban J connectivity index is 2.52. The smallest absolute Gasteiger partial charge is 0.303 e. The van der Waals surface area contributed by atoms with Gasteiger partial charge in [0.15, 0.2) is 0 Å². The van der Waals surface area contributed by atoms with Crippen LogP contribution in [0.2, 0.25) is 0 Å². The van der Waals surface area contributed by atoms with Crippen molar-refractivity contribution in [1.82, 2.24) is 0 Å². The van der Waals surface area contributed by atoms with Crippen LogP contribution in [-0.4, -0.2) is 44.9 Å². The maximum absolute atomic E-state index is 10.5. The van der Waals surface area contributed by atoms with Gasteiger partial charge in [-0.15, -0.1) is 0 Å². The van der Waals surface area contributed by atoms with Crippen LogP contribution in [0.15, 0.2) is 12.2 Å². The van der Waals surface area contributed by atoms with Crippen LogP contribution in [0.25, 0.3) is 0 Å². The first-order valence-electron chi connectivity index (χ1n) is 10.5. The highest BCUT2D eigenvalue weighted by Crippen LogP contribution is 2.37. The lowest BCUT2D eigenvalue weighted by atomic mass is 9.87. The van der Waals surface area contributed by atoms with Gasteiger partial charge in [-0.25, -0.2) is 4.89 Å². The van der Waals surface area contributed by atoms with Gasteiger partial charge in [0.05, 0.1) is 12.2 Å². The van der Waals surface area contributed by atoms with Gasteiger partial charge in [0, 0.05) is 18.8 Å². The van der Waals surface area contributed by atoms with E-state index in [1.807, 2.05) is 19.1 Å². The summed E-state index contributed by atoms with van der Waals surface area (Å²) >= 11 is 0. The lowest BCUT2D eigenvalue weighted by molar-refractivity contribution is -0.276. The van der Waals surface area contributed by atoms with Gasteiger partial charge in [0.1, 0.15) is 6.10 Å². The van der Waals surface area contributed by atoms with Gasteiger partial charge in [0.25, 0.3) is 0 Å². The third-order valence-electron chi connectivity index (χ3n) is 5.81. The van der Waals surface area contributed by atoms with Crippen molar-refractivity contribution >= 4 is 5.97 Å². The number of rotatable bonds is 14. The van der Waals surface area contributed by atoms with Gasteiger partial charge < -0.3 is 15.3 Å². The summed E-state index contributed by atoms with van der Waals surface area (Å²) in [5.41, 5.74) is 0. The Kier molecular flexibility index (Phi) is 11.8. The molecular weight excluding hydrogens is 348 g/mol. The van der Waals surface area contributed by atoms with Crippen LogP contribution in [0, 0.1) is 17.8 Å². The number of hydrogen-bond acceptors (Lipinski definition) is 5. The lowest BCUT2D eigenvalue weighted by Crippen LogP contribution is -2.23. The van der Waals surface area contributed by atoms with Gasteiger partial charge >= 0.3 is 5.97 Å². The summed E-state index contributed by atoms with van der Waals surface area (Å²) in [6.07, 6.45) is 10.1. The molecule has 4 N–H and O–H groups in total. The average molecular weight is 387 g/mol. The monoisotopic (exact) mass is 386 g/mol. The van der Waals surface area contributed by atoms with Crippen molar-refractivity contribution in [2.75, 3.05) is 0 Å². The van der Waals surface area contributed by atoms with Gasteiger partial charge in [-0.3, -0.25) is 10.1 Å². The number of carbonyl (C=O) groups is 1. The molecule has 6 atom stereocenters. The molecule has 0 aromatic carbocycles. The normalized spacial score (nSPS) is 27.9. The number of aliphatic carboxylic acids is 1. The van der Waals surface area contributed by atoms with Crippen molar-refractivity contribution in [2.24, 2.45) is 17.8 Å². The first kappa shape index (κ1) is 24.1. The maximum Gasteiger partial charge on any atom is 0.303 e. The van der Waals surface area contributed by atoms with Crippen LogP contribution in [0.1, 0.15) is 78.1 Å². The highest BCUT2D eigenvalue weighted by atomic mass is 17.1. The van der Waals surface area contributed by atoms with E-state index >= 15 is 0 Å². The molecule has 27 heavy (non-hydrogen) atoms. The topological polar surface area (TPSA) is 107 Å². The third kappa shape index (κ3) is 8.73. The molecule has 0 spiro atoms. The van der Waals surface area contributed by atoms with E-state index in [9.17, 15) is 20.3 Å². The number of carboxylic acid groups (broad SMARTS) is 1. The fraction of sp³-hybridized carbons (Fsp3) is 0.857. The number of carboxylic acids is 1. The minimum absolute atomic E-state index is 0.0129. The molecule has 1 aliphatic rings. The minimum atomic E-state index is -0.761. The molecule has 0 amide bonds. The summed E-state index contributed by atoms with van der Waals surface area (Å²) in [6, 6.07) is 0. The molecule has 0 aromatic rings. The summed E-state index contributed by atoms with van der Waals surface area (Å²) in [5.74, 6) is -0.734. The van der Waals surface area contributed by atoms with Crippen molar-refractivity contribution in [3.63, 3.8) is 0 Å². The fourth-order valence-electron chi connectivity index (χ4n) is 4.04. The summed E-state index contributed by atoms with van der Waals surface area (Å²) in [7, 11) is 0. The van der Waals surface area contributed by atoms with Crippen molar-refractivity contribution in [2.45, 2.75) is 96.4 Å². The van der Waals surface area contributed by atoms with Crippen LogP contribution in [0.3, 0.4) is 0 Å². The SMILES string of the molecule is CCCCC(C)C(C=C[C@@H]1[C@@H](CCCCCCC(=O)O)[C@@H](O)C[C@H]1O)OO. The first-order valence-corrected chi connectivity index (χ1v) is 10.5. The Morgan fingerprint density at radius 1 is 1.15 bits per heavy atom. The number of hydrogen-bond donors (Lipinski definition) is 4. The van der Waals surface area contributed by atoms with Crippen molar-refractivity contribution in [3.8, 4) is 0 Å². The Bertz CT molecular complexity index is 438. The molecule has 6 nitrogen and oxygen atoms in total. The maximum atomic E-state index is 10.5. The number of aliphatic hydroxyl groups excluding tert-OH is 2. The van der Waals surface area contributed by atoms with Crippen LogP contribution >= 0.6 is 0 Å². The van der Waals surface area contributed by atoms with Crippen molar-refractivity contribution < 1.29 is 30.3 Å². The second kappa shape index (κ2) is 13.3. The molecule has 0 aromatic heterocycles. The largest absolute Gasteiger partial charge is 0.481 e. The molecule has 0 saturated heterocycles. The predicted molar refractivity (Wildman–Crippen MR) is 104 cm³/mol. The van der Waals surface area contributed by atoms with E-state index < -0.39 is 24.3 Å². The molecule has 2 unspecified atom stereocenters. The molecule has 1 rings (SSSR count). The van der Waals surface area contributed by atoms with E-state index in [-0.39, 0.29) is 24.2 Å². The van der Waals surface area contributed by atoms with Gasteiger partial charge in [-0.2, -0.15) is 0 Å². The van der Waals surface area contributed by atoms with Crippen molar-refractivity contribution in [3.05, 3.63) is 12.2 Å². The zero-order valence-electron chi connectivity index (χ0n) is 16.8. The Morgan fingerprint density at radius 2 is 1.85 bits per heavy atom. The molecule has 158 valence electrons. The molecule has 1 fully saturated rings. The molecular formula is C21H38O6. The Hall–Kier alpha value is -0.950. The van der Waals surface area contributed by atoms with E-state index in [1.54, 1.807) is 0 Å². The zero-order valence-corrected chi connectivity index (χ0v) is 16.8. The Morgan fingerprint density at radius 3 is 2.48 bits per heavy atom. The second-order valence-corrected chi connectivity index (χ2v) is 8.03. The highest BCUT2D eigenvalue weighted by Gasteiger charge is 2.39. The summed E-state index contributed by atoms with van der Waals surface area (Å²) in [5, 5.41) is 38.5. The zero-order chi connectivity index (χ0) is 20.2. The van der Waals surface area contributed by atoms with Gasteiger partial charge in [-0.1, -0.05) is 58.1 Å². The summed E-state index contributed by atoms with van der Waals surface area (Å²) < 4.78 is 0. The van der Waals surface area contributed by atoms with E-state index in [1.165, 1.54) is 0 Å². The van der Waals surface area contributed by atoms with Crippen LogP contribution in [0.4, 0.5) is 0 Å². The Labute approximate surface area is 163 Å². The number of aliphatic hydroxyl groups is 2. The van der Waals surface area contributed by atoms with Gasteiger partial charge in [0.2, 0.25) is 0 Å². The average Bonchev–Trinajstić information content (AvgIpc) is 2.89. The quantitative estimate of drug-likeness (QED) is 0.155. The van der Waals surface area contributed by atoms with E-state index in [2.05, 4.69) is 11.8 Å². The molecule has 1 aliphatic carbocycles. The summed E-state index contributed by atoms with van der Waals surface area (Å²) in [4.78, 5) is 15.2. The van der Waals surface area contributed by atoms with Gasteiger partial charge in [-0.05, 0) is 31.1 Å². The molecule has 0 heterocycles. The number of unbranched alkanes of at least 4 members (excludes halogenated alkanes) is 4. The summed E-state index contributed by atoms with van der Waals surface area (Å²) in [6.45, 7) is 4.16. The molecule has 1 saturated carbocycles. The molecule has 0 bridgehead atoms. The van der Waals surface area contributed by atoms with E-state index in [4.69, 9.17) is 5.11 Å². The van der Waals surface area contributed by atoms with Crippen LogP contribution in [-0.2, 0) is 9.68 Å². The standard InChI is InChI=1S/C21H38O6/c1-3-4-9-15(2)20(27-26)13-12-17-16(18(22)14-19(17)23)10-7-5-6-8-11-21(24)25/h12-13,15-20,22-23,26H,3-11,14H2,1-2H3,(H,24,25)/t15?,16-,17-,18+,19-,20?/m1/s1. The lowest BCUT2D eigenvalue weighted by Gasteiger charge is -2.22. The first-order chi connectivity index (χ1) is 12.9. The fourth-order valence-corrected chi connectivity index (χ4v) is 4.04. The molecule has 6 heteroatoms.